The van der Waals surface area contributed by atoms with Crippen LogP contribution >= 0.6 is 12.4 Å². The maximum Gasteiger partial charge on any atom is 0.225 e. The van der Waals surface area contributed by atoms with E-state index in [2.05, 4.69) is 17.2 Å². The van der Waals surface area contributed by atoms with Crippen LogP contribution in [0, 0.1) is 0 Å². The van der Waals surface area contributed by atoms with Gasteiger partial charge in [-0.25, -0.2) is 0 Å². The molecular weight excluding hydrogens is 252 g/mol. The van der Waals surface area contributed by atoms with Gasteiger partial charge in [0.1, 0.15) is 12.4 Å². The molecule has 0 saturated heterocycles. The van der Waals surface area contributed by atoms with Crippen molar-refractivity contribution in [2.45, 2.75) is 6.42 Å². The molecule has 0 aromatic heterocycles. The van der Waals surface area contributed by atoms with E-state index in [1.165, 1.54) is 0 Å². The molecule has 0 fully saturated rings. The second-order valence-corrected chi connectivity index (χ2v) is 3.53. The number of hydrogen-bond donors (Lipinski definition) is 2. The second kappa shape index (κ2) is 9.50. The number of benzene rings is 1. The van der Waals surface area contributed by atoms with Gasteiger partial charge in [0.05, 0.1) is 0 Å². The van der Waals surface area contributed by atoms with Crippen LogP contribution in [0.25, 0.3) is 0 Å². The lowest BCUT2D eigenvalue weighted by atomic mass is 10.3. The molecule has 0 aliphatic carbocycles. The number of halogens is 1. The van der Waals surface area contributed by atoms with E-state index < -0.39 is 0 Å². The van der Waals surface area contributed by atoms with Crippen molar-refractivity contribution in [1.82, 2.24) is 5.32 Å². The van der Waals surface area contributed by atoms with Crippen molar-refractivity contribution < 1.29 is 9.53 Å². The molecule has 1 aromatic rings. The molecule has 5 heteroatoms. The van der Waals surface area contributed by atoms with E-state index in [0.717, 1.165) is 11.4 Å². The van der Waals surface area contributed by atoms with Gasteiger partial charge in [0, 0.05) is 24.7 Å². The number of carbonyl (C=O) groups is 1. The number of ether oxygens (including phenoxy) is 1. The van der Waals surface area contributed by atoms with Crippen LogP contribution in [0.3, 0.4) is 0 Å². The molecule has 0 atom stereocenters. The Bertz CT molecular complexity index is 383. The van der Waals surface area contributed by atoms with Gasteiger partial charge in [-0.3, -0.25) is 4.79 Å². The van der Waals surface area contributed by atoms with Gasteiger partial charge >= 0.3 is 0 Å². The van der Waals surface area contributed by atoms with Gasteiger partial charge in [-0.15, -0.1) is 12.4 Å². The number of anilines is 1. The number of nitrogens with one attached hydrogen (secondary N) is 2. The third-order valence-electron chi connectivity index (χ3n) is 2.09. The first kappa shape index (κ1) is 16.5. The molecule has 2 N–H and O–H groups in total. The predicted molar refractivity (Wildman–Crippen MR) is 76.6 cm³/mol. The molecule has 18 heavy (non-hydrogen) atoms. The predicted octanol–water partition coefficient (Wildman–Crippen LogP) is 2.22. The lowest BCUT2D eigenvalue weighted by molar-refractivity contribution is -0.116. The molecule has 4 nitrogen and oxygen atoms in total. The van der Waals surface area contributed by atoms with Gasteiger partial charge in [-0.05, 0) is 19.2 Å². The molecule has 0 heterocycles. The van der Waals surface area contributed by atoms with Gasteiger partial charge < -0.3 is 15.4 Å². The van der Waals surface area contributed by atoms with Crippen LogP contribution in [0.5, 0.6) is 5.75 Å². The zero-order chi connectivity index (χ0) is 12.5. The first-order valence-corrected chi connectivity index (χ1v) is 5.54. The third-order valence-corrected chi connectivity index (χ3v) is 2.09. The minimum absolute atomic E-state index is 0. The Morgan fingerprint density at radius 2 is 2.28 bits per heavy atom. The lowest BCUT2D eigenvalue weighted by Crippen LogP contribution is -2.18. The maximum absolute atomic E-state index is 11.5. The van der Waals surface area contributed by atoms with Crippen LogP contribution in [0.15, 0.2) is 36.9 Å². The molecule has 0 spiro atoms. The minimum atomic E-state index is -0.0137. The van der Waals surface area contributed by atoms with Crippen LogP contribution in [-0.4, -0.2) is 26.1 Å². The van der Waals surface area contributed by atoms with E-state index in [1.54, 1.807) is 12.1 Å². The van der Waals surface area contributed by atoms with Crippen LogP contribution in [0.1, 0.15) is 6.42 Å². The topological polar surface area (TPSA) is 50.4 Å². The zero-order valence-electron chi connectivity index (χ0n) is 10.4. The van der Waals surface area contributed by atoms with Gasteiger partial charge in [0.15, 0.2) is 0 Å². The number of hydrogen-bond acceptors (Lipinski definition) is 3. The van der Waals surface area contributed by atoms with Crippen molar-refractivity contribution in [3.8, 4) is 5.75 Å². The van der Waals surface area contributed by atoms with Crippen molar-refractivity contribution >= 4 is 24.0 Å². The molecule has 0 unspecified atom stereocenters. The van der Waals surface area contributed by atoms with Crippen molar-refractivity contribution in [3.63, 3.8) is 0 Å². The fraction of sp³-hybridized carbons (Fsp3) is 0.308. The molecule has 1 aromatic carbocycles. The fourth-order valence-corrected chi connectivity index (χ4v) is 1.28. The molecule has 0 radical (unpaired) electrons. The molecule has 1 rings (SSSR count). The summed E-state index contributed by atoms with van der Waals surface area (Å²) in [6.07, 6.45) is 2.13. The summed E-state index contributed by atoms with van der Waals surface area (Å²) < 4.78 is 5.38. The SMILES string of the molecule is C=CCOc1cccc(NC(=O)CCNC)c1.Cl. The number of amides is 1. The highest BCUT2D eigenvalue weighted by atomic mass is 35.5. The summed E-state index contributed by atoms with van der Waals surface area (Å²) in [5.41, 5.74) is 0.743. The normalized spacial score (nSPS) is 9.17. The molecule has 0 saturated carbocycles. The largest absolute Gasteiger partial charge is 0.489 e. The zero-order valence-corrected chi connectivity index (χ0v) is 11.3. The average Bonchev–Trinajstić information content (AvgIpc) is 2.34. The maximum atomic E-state index is 11.5. The first-order chi connectivity index (χ1) is 8.26. The van der Waals surface area contributed by atoms with E-state index in [-0.39, 0.29) is 18.3 Å². The molecule has 100 valence electrons. The van der Waals surface area contributed by atoms with Gasteiger partial charge in [0.25, 0.3) is 0 Å². The van der Waals surface area contributed by atoms with E-state index in [9.17, 15) is 4.79 Å². The quantitative estimate of drug-likeness (QED) is 0.747. The summed E-state index contributed by atoms with van der Waals surface area (Å²) >= 11 is 0. The van der Waals surface area contributed by atoms with Crippen LogP contribution in [0.4, 0.5) is 5.69 Å². The van der Waals surface area contributed by atoms with Crippen molar-refractivity contribution in [1.29, 1.82) is 0 Å². The van der Waals surface area contributed by atoms with Crippen LogP contribution in [0.2, 0.25) is 0 Å². The van der Waals surface area contributed by atoms with E-state index in [1.807, 2.05) is 25.2 Å². The summed E-state index contributed by atoms with van der Waals surface area (Å²) in [7, 11) is 1.82. The lowest BCUT2D eigenvalue weighted by Gasteiger charge is -2.07. The highest BCUT2D eigenvalue weighted by molar-refractivity contribution is 5.90. The first-order valence-electron chi connectivity index (χ1n) is 5.54. The smallest absolute Gasteiger partial charge is 0.225 e. The van der Waals surface area contributed by atoms with E-state index in [4.69, 9.17) is 4.74 Å². The second-order valence-electron chi connectivity index (χ2n) is 3.53. The summed E-state index contributed by atoms with van der Waals surface area (Å²) in [6.45, 7) is 4.70. The summed E-state index contributed by atoms with van der Waals surface area (Å²) in [5.74, 6) is 0.705. The van der Waals surface area contributed by atoms with Crippen molar-refractivity contribution in [2.75, 3.05) is 25.5 Å². The standard InChI is InChI=1S/C13H18N2O2.ClH/c1-3-9-17-12-6-4-5-11(10-12)15-13(16)7-8-14-2;/h3-6,10,14H,1,7-9H2,2H3,(H,15,16);1H. The van der Waals surface area contributed by atoms with Crippen molar-refractivity contribution in [3.05, 3.63) is 36.9 Å². The summed E-state index contributed by atoms with van der Waals surface area (Å²) in [6, 6.07) is 7.30. The minimum Gasteiger partial charge on any atom is -0.489 e. The van der Waals surface area contributed by atoms with Crippen LogP contribution in [-0.2, 0) is 4.79 Å². The number of rotatable bonds is 7. The van der Waals surface area contributed by atoms with Gasteiger partial charge in [-0.2, -0.15) is 0 Å². The molecule has 0 aliphatic heterocycles. The van der Waals surface area contributed by atoms with E-state index >= 15 is 0 Å². The summed E-state index contributed by atoms with van der Waals surface area (Å²) in [4.78, 5) is 11.5. The summed E-state index contributed by atoms with van der Waals surface area (Å²) in [5, 5.41) is 5.74. The van der Waals surface area contributed by atoms with Gasteiger partial charge in [-0.1, -0.05) is 18.7 Å². The van der Waals surface area contributed by atoms with Crippen molar-refractivity contribution in [2.24, 2.45) is 0 Å². The average molecular weight is 271 g/mol. The molecule has 0 bridgehead atoms. The Hall–Kier alpha value is -1.52. The monoisotopic (exact) mass is 270 g/mol. The molecule has 0 aliphatic rings. The van der Waals surface area contributed by atoms with Crippen LogP contribution < -0.4 is 15.4 Å². The number of carbonyl (C=O) groups excluding carboxylic acids is 1. The van der Waals surface area contributed by atoms with Gasteiger partial charge in [0.2, 0.25) is 5.91 Å². The Morgan fingerprint density at radius 1 is 1.50 bits per heavy atom. The Kier molecular flexibility index (Phi) is 8.70. The Morgan fingerprint density at radius 3 is 2.94 bits per heavy atom. The highest BCUT2D eigenvalue weighted by Crippen LogP contribution is 2.17. The molecular formula is C13H19ClN2O2. The molecule has 1 amide bonds. The van der Waals surface area contributed by atoms with E-state index in [0.29, 0.717) is 19.6 Å². The third kappa shape index (κ3) is 6.27. The fourth-order valence-electron chi connectivity index (χ4n) is 1.28. The Balaban J connectivity index is 0.00000289. The highest BCUT2D eigenvalue weighted by Gasteiger charge is 2.02. The Labute approximate surface area is 114 Å².